The van der Waals surface area contributed by atoms with Gasteiger partial charge >= 0.3 is 0 Å². The monoisotopic (exact) mass is 188 g/mol. The molecular weight excluding hydrogens is 172 g/mol. The molecule has 0 amide bonds. The number of carbonyl (C=O) groups excluding carboxylic acids is 1. The third-order valence-electron chi connectivity index (χ3n) is 2.87. The van der Waals surface area contributed by atoms with Crippen LogP contribution in [-0.4, -0.2) is 5.78 Å². The van der Waals surface area contributed by atoms with Crippen molar-refractivity contribution in [2.45, 2.75) is 38.5 Å². The van der Waals surface area contributed by atoms with E-state index in [1.165, 1.54) is 12.0 Å². The molecule has 2 aliphatic rings. The van der Waals surface area contributed by atoms with Crippen LogP contribution >= 0.6 is 0 Å². The van der Waals surface area contributed by atoms with E-state index in [0.29, 0.717) is 5.78 Å². The summed E-state index contributed by atoms with van der Waals surface area (Å²) >= 11 is 0. The van der Waals surface area contributed by atoms with Crippen LogP contribution in [0.4, 0.5) is 0 Å². The van der Waals surface area contributed by atoms with Gasteiger partial charge in [-0.05, 0) is 37.7 Å². The van der Waals surface area contributed by atoms with Crippen molar-refractivity contribution in [2.24, 2.45) is 0 Å². The highest BCUT2D eigenvalue weighted by atomic mass is 16.1. The lowest BCUT2D eigenvalue weighted by Gasteiger charge is -2.11. The van der Waals surface area contributed by atoms with E-state index in [1.54, 1.807) is 0 Å². The second-order valence-electron chi connectivity index (χ2n) is 3.95. The first-order chi connectivity index (χ1) is 6.88. The molecule has 1 nitrogen and oxygen atoms in total. The maximum atomic E-state index is 11.8. The molecule has 1 heteroatoms. The number of carbonyl (C=O) groups is 1. The predicted molar refractivity (Wildman–Crippen MR) is 58.0 cm³/mol. The molecule has 0 saturated heterocycles. The largest absolute Gasteiger partial charge is 0.294 e. The fourth-order valence-electron chi connectivity index (χ4n) is 2.06. The maximum absolute atomic E-state index is 11.8. The highest BCUT2D eigenvalue weighted by molar-refractivity contribution is 5.99. The van der Waals surface area contributed by atoms with Crippen molar-refractivity contribution in [3.05, 3.63) is 35.5 Å². The zero-order chi connectivity index (χ0) is 9.80. The molecule has 0 aromatic carbocycles. The average molecular weight is 188 g/mol. The van der Waals surface area contributed by atoms with Crippen LogP contribution < -0.4 is 0 Å². The SMILES string of the molecule is O=C1CCCCC=C1C1=CC=CCC1. The van der Waals surface area contributed by atoms with Gasteiger partial charge in [-0.3, -0.25) is 4.79 Å². The molecule has 0 fully saturated rings. The van der Waals surface area contributed by atoms with Gasteiger partial charge in [0.25, 0.3) is 0 Å². The van der Waals surface area contributed by atoms with Crippen LogP contribution in [0.1, 0.15) is 38.5 Å². The van der Waals surface area contributed by atoms with Crippen molar-refractivity contribution in [3.8, 4) is 0 Å². The van der Waals surface area contributed by atoms with E-state index >= 15 is 0 Å². The number of Topliss-reactive ketones (excluding diaryl/α,β-unsaturated/α-hetero) is 1. The first-order valence-corrected chi connectivity index (χ1v) is 5.47. The maximum Gasteiger partial charge on any atom is 0.162 e. The molecule has 0 bridgehead atoms. The molecule has 0 spiro atoms. The van der Waals surface area contributed by atoms with Crippen LogP contribution in [0.15, 0.2) is 35.5 Å². The van der Waals surface area contributed by atoms with E-state index in [2.05, 4.69) is 24.3 Å². The highest BCUT2D eigenvalue weighted by Crippen LogP contribution is 2.25. The third kappa shape index (κ3) is 2.03. The molecule has 74 valence electrons. The lowest BCUT2D eigenvalue weighted by Crippen LogP contribution is -2.04. The topological polar surface area (TPSA) is 17.1 Å². The van der Waals surface area contributed by atoms with Gasteiger partial charge in [-0.2, -0.15) is 0 Å². The van der Waals surface area contributed by atoms with Gasteiger partial charge in [-0.25, -0.2) is 0 Å². The lowest BCUT2D eigenvalue weighted by atomic mass is 9.93. The zero-order valence-corrected chi connectivity index (χ0v) is 8.46. The predicted octanol–water partition coefficient (Wildman–Crippen LogP) is 3.33. The minimum Gasteiger partial charge on any atom is -0.294 e. The van der Waals surface area contributed by atoms with E-state index in [4.69, 9.17) is 0 Å². The molecule has 2 aliphatic carbocycles. The minimum absolute atomic E-state index is 0.351. The molecule has 0 aromatic heterocycles. The van der Waals surface area contributed by atoms with Crippen molar-refractivity contribution in [1.82, 2.24) is 0 Å². The van der Waals surface area contributed by atoms with Crippen molar-refractivity contribution in [1.29, 1.82) is 0 Å². The van der Waals surface area contributed by atoms with Crippen molar-refractivity contribution >= 4 is 5.78 Å². The van der Waals surface area contributed by atoms with Crippen LogP contribution in [0.5, 0.6) is 0 Å². The van der Waals surface area contributed by atoms with Gasteiger partial charge < -0.3 is 0 Å². The number of ketones is 1. The Kier molecular flexibility index (Phi) is 2.97. The summed E-state index contributed by atoms with van der Waals surface area (Å²) in [5.41, 5.74) is 2.26. The average Bonchev–Trinajstić information content (AvgIpc) is 2.44. The quantitative estimate of drug-likeness (QED) is 0.617. The summed E-state index contributed by atoms with van der Waals surface area (Å²) in [6.45, 7) is 0. The van der Waals surface area contributed by atoms with Gasteiger partial charge in [0.15, 0.2) is 5.78 Å². The summed E-state index contributed by atoms with van der Waals surface area (Å²) in [5.74, 6) is 0.351. The molecule has 0 radical (unpaired) electrons. The van der Waals surface area contributed by atoms with Gasteiger partial charge in [-0.15, -0.1) is 0 Å². The summed E-state index contributed by atoms with van der Waals surface area (Å²) < 4.78 is 0. The van der Waals surface area contributed by atoms with Gasteiger partial charge in [0.2, 0.25) is 0 Å². The van der Waals surface area contributed by atoms with E-state index in [9.17, 15) is 4.79 Å². The summed E-state index contributed by atoms with van der Waals surface area (Å²) in [7, 11) is 0. The van der Waals surface area contributed by atoms with Crippen LogP contribution in [0.2, 0.25) is 0 Å². The van der Waals surface area contributed by atoms with E-state index in [1.807, 2.05) is 0 Å². The Hall–Kier alpha value is -1.11. The minimum atomic E-state index is 0.351. The first kappa shape index (κ1) is 9.45. The molecule has 0 saturated carbocycles. The van der Waals surface area contributed by atoms with E-state index < -0.39 is 0 Å². The first-order valence-electron chi connectivity index (χ1n) is 5.47. The number of rotatable bonds is 1. The Labute approximate surface area is 85.2 Å². The third-order valence-corrected chi connectivity index (χ3v) is 2.87. The molecule has 0 atom stereocenters. The van der Waals surface area contributed by atoms with E-state index in [0.717, 1.165) is 37.7 Å². The van der Waals surface area contributed by atoms with Crippen LogP contribution in [-0.2, 0) is 4.79 Å². The van der Waals surface area contributed by atoms with Crippen molar-refractivity contribution in [2.75, 3.05) is 0 Å². The zero-order valence-electron chi connectivity index (χ0n) is 8.46. The summed E-state index contributed by atoms with van der Waals surface area (Å²) in [6, 6.07) is 0. The van der Waals surface area contributed by atoms with Crippen molar-refractivity contribution in [3.63, 3.8) is 0 Å². The molecule has 0 heterocycles. The Morgan fingerprint density at radius 2 is 2.00 bits per heavy atom. The number of hydrogen-bond acceptors (Lipinski definition) is 1. The molecule has 0 N–H and O–H groups in total. The Bertz CT molecular complexity index is 318. The van der Waals surface area contributed by atoms with Gasteiger partial charge in [-0.1, -0.05) is 24.3 Å². The van der Waals surface area contributed by atoms with Crippen LogP contribution in [0.25, 0.3) is 0 Å². The summed E-state index contributed by atoms with van der Waals surface area (Å²) in [6.07, 6.45) is 14.6. The van der Waals surface area contributed by atoms with Crippen LogP contribution in [0.3, 0.4) is 0 Å². The second kappa shape index (κ2) is 4.41. The van der Waals surface area contributed by atoms with Gasteiger partial charge in [0.1, 0.15) is 0 Å². The second-order valence-corrected chi connectivity index (χ2v) is 3.95. The Morgan fingerprint density at radius 3 is 2.79 bits per heavy atom. The molecule has 0 aromatic rings. The lowest BCUT2D eigenvalue weighted by molar-refractivity contribution is -0.115. The van der Waals surface area contributed by atoms with Crippen molar-refractivity contribution < 1.29 is 4.79 Å². The fraction of sp³-hybridized carbons (Fsp3) is 0.462. The Morgan fingerprint density at radius 1 is 1.07 bits per heavy atom. The standard InChI is InChI=1S/C13H16O/c14-13-10-6-2-5-9-12(13)11-7-3-1-4-8-11/h1,3,7,9H,2,4-6,8,10H2. The van der Waals surface area contributed by atoms with Crippen LogP contribution in [0, 0.1) is 0 Å². The normalized spacial score (nSPS) is 22.7. The molecular formula is C13H16O. The van der Waals surface area contributed by atoms with Gasteiger partial charge in [0, 0.05) is 12.0 Å². The fourth-order valence-corrected chi connectivity index (χ4v) is 2.06. The molecule has 2 rings (SSSR count). The molecule has 0 unspecified atom stereocenters. The molecule has 14 heavy (non-hydrogen) atoms. The highest BCUT2D eigenvalue weighted by Gasteiger charge is 2.16. The molecule has 0 aliphatic heterocycles. The van der Waals surface area contributed by atoms with E-state index in [-0.39, 0.29) is 0 Å². The smallest absolute Gasteiger partial charge is 0.162 e. The number of allylic oxidation sites excluding steroid dienone is 6. The van der Waals surface area contributed by atoms with Gasteiger partial charge in [0.05, 0.1) is 0 Å². The summed E-state index contributed by atoms with van der Waals surface area (Å²) in [4.78, 5) is 11.8. The number of hydrogen-bond donors (Lipinski definition) is 0. The Balaban J connectivity index is 2.21. The summed E-state index contributed by atoms with van der Waals surface area (Å²) in [5, 5.41) is 0.